The molecule has 1 fully saturated rings. The molecule has 0 bridgehead atoms. The molecule has 164 valence electrons. The molecule has 1 aliphatic rings. The average molecular weight is 451 g/mol. The van der Waals surface area contributed by atoms with E-state index in [1.165, 1.54) is 6.07 Å². The van der Waals surface area contributed by atoms with E-state index < -0.39 is 5.82 Å². The molecule has 3 heterocycles. The highest BCUT2D eigenvalue weighted by atomic mass is 35.5. The van der Waals surface area contributed by atoms with Gasteiger partial charge in [0.1, 0.15) is 11.6 Å². The summed E-state index contributed by atoms with van der Waals surface area (Å²) in [6, 6.07) is 14.6. The van der Waals surface area contributed by atoms with Crippen LogP contribution in [0.15, 0.2) is 48.5 Å². The fourth-order valence-corrected chi connectivity index (χ4v) is 4.30. The predicted molar refractivity (Wildman–Crippen MR) is 126 cm³/mol. The van der Waals surface area contributed by atoms with Crippen LogP contribution in [0.1, 0.15) is 25.3 Å². The Hall–Kier alpha value is -3.19. The van der Waals surface area contributed by atoms with Crippen LogP contribution in [0.3, 0.4) is 0 Å². The molecule has 0 radical (unpaired) electrons. The number of anilines is 2. The van der Waals surface area contributed by atoms with E-state index in [9.17, 15) is 4.39 Å². The van der Waals surface area contributed by atoms with Gasteiger partial charge in [0.15, 0.2) is 5.65 Å². The number of benzene rings is 2. The first kappa shape index (κ1) is 20.7. The third kappa shape index (κ3) is 3.88. The van der Waals surface area contributed by atoms with E-state index in [-0.39, 0.29) is 5.02 Å². The second-order valence-corrected chi connectivity index (χ2v) is 8.80. The highest BCUT2D eigenvalue weighted by molar-refractivity contribution is 6.31. The molecule has 0 atom stereocenters. The average Bonchev–Trinajstić information content (AvgIpc) is 3.11. The SMILES string of the molecule is CC1CCN(c2nc(-c3ccc(F)c(Cl)c3)c3c(N)n(Cc4ccccc4)nc3n2)CC1. The maximum absolute atomic E-state index is 13.8. The van der Waals surface area contributed by atoms with E-state index in [4.69, 9.17) is 32.4 Å². The second kappa shape index (κ2) is 8.39. The van der Waals surface area contributed by atoms with Crippen molar-refractivity contribution in [3.05, 3.63) is 64.9 Å². The van der Waals surface area contributed by atoms with Gasteiger partial charge in [0, 0.05) is 18.7 Å². The Kier molecular flexibility index (Phi) is 5.43. The Balaban J connectivity index is 1.66. The zero-order chi connectivity index (χ0) is 22.2. The smallest absolute Gasteiger partial charge is 0.228 e. The number of piperidine rings is 1. The van der Waals surface area contributed by atoms with Crippen LogP contribution >= 0.6 is 11.6 Å². The van der Waals surface area contributed by atoms with Crippen LogP contribution in [0.25, 0.3) is 22.3 Å². The van der Waals surface area contributed by atoms with Crippen molar-refractivity contribution in [1.82, 2.24) is 19.7 Å². The number of hydrogen-bond acceptors (Lipinski definition) is 5. The Morgan fingerprint density at radius 3 is 2.56 bits per heavy atom. The van der Waals surface area contributed by atoms with E-state index in [0.29, 0.717) is 46.5 Å². The van der Waals surface area contributed by atoms with E-state index in [1.54, 1.807) is 16.8 Å². The second-order valence-electron chi connectivity index (χ2n) is 8.40. The maximum Gasteiger partial charge on any atom is 0.228 e. The quantitative estimate of drug-likeness (QED) is 0.465. The lowest BCUT2D eigenvalue weighted by atomic mass is 9.99. The summed E-state index contributed by atoms with van der Waals surface area (Å²) >= 11 is 6.09. The molecule has 1 saturated heterocycles. The molecule has 6 nitrogen and oxygen atoms in total. The molecule has 0 aliphatic carbocycles. The van der Waals surface area contributed by atoms with Gasteiger partial charge in [0.2, 0.25) is 5.95 Å². The number of nitrogens with two attached hydrogens (primary N) is 1. The summed E-state index contributed by atoms with van der Waals surface area (Å²) in [7, 11) is 0. The topological polar surface area (TPSA) is 72.9 Å². The summed E-state index contributed by atoms with van der Waals surface area (Å²) in [6.07, 6.45) is 2.17. The molecule has 8 heteroatoms. The summed E-state index contributed by atoms with van der Waals surface area (Å²) in [5.41, 5.74) is 9.44. The van der Waals surface area contributed by atoms with Crippen LogP contribution in [-0.4, -0.2) is 32.8 Å². The zero-order valence-electron chi connectivity index (χ0n) is 17.8. The van der Waals surface area contributed by atoms with Gasteiger partial charge in [-0.25, -0.2) is 14.1 Å². The highest BCUT2D eigenvalue weighted by Gasteiger charge is 2.23. The molecule has 0 spiro atoms. The minimum absolute atomic E-state index is 0.0397. The van der Waals surface area contributed by atoms with Crippen LogP contribution in [0.2, 0.25) is 5.02 Å². The summed E-state index contributed by atoms with van der Waals surface area (Å²) in [5, 5.41) is 5.40. The van der Waals surface area contributed by atoms with Crippen LogP contribution in [0, 0.1) is 11.7 Å². The molecule has 0 unspecified atom stereocenters. The van der Waals surface area contributed by atoms with E-state index in [0.717, 1.165) is 31.5 Å². The molecule has 2 aromatic carbocycles. The summed E-state index contributed by atoms with van der Waals surface area (Å²) in [5.74, 6) is 1.30. The molecule has 0 amide bonds. The Morgan fingerprint density at radius 1 is 1.09 bits per heavy atom. The fraction of sp³-hybridized carbons (Fsp3) is 0.292. The predicted octanol–water partition coefficient (Wildman–Crippen LogP) is 5.15. The first-order valence-electron chi connectivity index (χ1n) is 10.8. The van der Waals surface area contributed by atoms with E-state index in [1.807, 2.05) is 30.3 Å². The van der Waals surface area contributed by atoms with Gasteiger partial charge in [0.05, 0.1) is 22.6 Å². The van der Waals surface area contributed by atoms with Crippen LogP contribution in [0.5, 0.6) is 0 Å². The van der Waals surface area contributed by atoms with Crippen LogP contribution in [-0.2, 0) is 6.54 Å². The first-order chi connectivity index (χ1) is 15.5. The van der Waals surface area contributed by atoms with Gasteiger partial charge in [-0.15, -0.1) is 5.10 Å². The first-order valence-corrected chi connectivity index (χ1v) is 11.2. The number of halogens is 2. The molecule has 5 rings (SSSR count). The van der Waals surface area contributed by atoms with Gasteiger partial charge in [-0.05, 0) is 42.5 Å². The van der Waals surface area contributed by atoms with Crippen LogP contribution < -0.4 is 10.6 Å². The minimum atomic E-state index is -0.473. The molecular formula is C24H24ClFN6. The highest BCUT2D eigenvalue weighted by Crippen LogP contribution is 2.34. The number of rotatable bonds is 4. The summed E-state index contributed by atoms with van der Waals surface area (Å²) in [6.45, 7) is 4.55. The molecule has 2 aromatic heterocycles. The lowest BCUT2D eigenvalue weighted by Gasteiger charge is -2.30. The molecule has 4 aromatic rings. The molecule has 0 saturated carbocycles. The number of nitrogen functional groups attached to an aromatic ring is 1. The van der Waals surface area contributed by atoms with Gasteiger partial charge in [-0.3, -0.25) is 0 Å². The summed E-state index contributed by atoms with van der Waals surface area (Å²) < 4.78 is 15.6. The number of nitrogens with zero attached hydrogens (tertiary/aromatic N) is 5. The van der Waals surface area contributed by atoms with Crippen molar-refractivity contribution in [2.24, 2.45) is 5.92 Å². The number of hydrogen-bond donors (Lipinski definition) is 1. The third-order valence-corrected chi connectivity index (χ3v) is 6.35. The lowest BCUT2D eigenvalue weighted by molar-refractivity contribution is 0.434. The normalized spacial score (nSPS) is 14.9. The molecule has 2 N–H and O–H groups in total. The number of aromatic nitrogens is 4. The Bertz CT molecular complexity index is 1260. The van der Waals surface area contributed by atoms with Gasteiger partial charge in [-0.1, -0.05) is 48.9 Å². The Morgan fingerprint density at radius 2 is 1.84 bits per heavy atom. The number of fused-ring (bicyclic) bond motifs is 1. The van der Waals surface area contributed by atoms with Crippen molar-refractivity contribution in [3.8, 4) is 11.3 Å². The largest absolute Gasteiger partial charge is 0.383 e. The molecular weight excluding hydrogens is 427 g/mol. The van der Waals surface area contributed by atoms with Gasteiger partial charge in [0.25, 0.3) is 0 Å². The fourth-order valence-electron chi connectivity index (χ4n) is 4.12. The van der Waals surface area contributed by atoms with Crippen molar-refractivity contribution in [3.63, 3.8) is 0 Å². The van der Waals surface area contributed by atoms with Crippen molar-refractivity contribution in [1.29, 1.82) is 0 Å². The van der Waals surface area contributed by atoms with Crippen LogP contribution in [0.4, 0.5) is 16.2 Å². The van der Waals surface area contributed by atoms with E-state index in [2.05, 4.69) is 11.8 Å². The van der Waals surface area contributed by atoms with Gasteiger partial charge in [-0.2, -0.15) is 4.98 Å². The zero-order valence-corrected chi connectivity index (χ0v) is 18.6. The lowest BCUT2D eigenvalue weighted by Crippen LogP contribution is -2.34. The van der Waals surface area contributed by atoms with Gasteiger partial charge < -0.3 is 10.6 Å². The maximum atomic E-state index is 13.8. The minimum Gasteiger partial charge on any atom is -0.383 e. The third-order valence-electron chi connectivity index (χ3n) is 6.06. The van der Waals surface area contributed by atoms with Crippen molar-refractivity contribution in [2.75, 3.05) is 23.7 Å². The van der Waals surface area contributed by atoms with Crippen molar-refractivity contribution >= 4 is 34.4 Å². The van der Waals surface area contributed by atoms with Crippen molar-refractivity contribution in [2.45, 2.75) is 26.3 Å². The standard InChI is InChI=1S/C24H24ClFN6/c1-15-9-11-31(12-10-15)24-28-21(17-7-8-19(26)18(25)13-17)20-22(27)32(30-23(20)29-24)14-16-5-3-2-4-6-16/h2-8,13,15H,9-12,14,27H2,1H3. The molecule has 32 heavy (non-hydrogen) atoms. The monoisotopic (exact) mass is 450 g/mol. The summed E-state index contributed by atoms with van der Waals surface area (Å²) in [4.78, 5) is 11.8. The van der Waals surface area contributed by atoms with Crippen molar-refractivity contribution < 1.29 is 4.39 Å². The Labute approximate surface area is 190 Å². The van der Waals surface area contributed by atoms with E-state index >= 15 is 0 Å². The van der Waals surface area contributed by atoms with Gasteiger partial charge >= 0.3 is 0 Å². The molecule has 1 aliphatic heterocycles.